The average Bonchev–Trinajstić information content (AvgIpc) is 3.00. The molecule has 0 spiro atoms. The van der Waals surface area contributed by atoms with Gasteiger partial charge in [-0.05, 0) is 18.6 Å². The topological polar surface area (TPSA) is 94.2 Å². The third-order valence-corrected chi connectivity index (χ3v) is 2.97. The number of hydrogen-bond acceptors (Lipinski definition) is 7. The SMILES string of the molecule is COc1cc(-c2noc(-c3cccc(C)c3O)n2)ncn1. The van der Waals surface area contributed by atoms with Crippen LogP contribution in [0.4, 0.5) is 0 Å². The van der Waals surface area contributed by atoms with Gasteiger partial charge in [-0.3, -0.25) is 0 Å². The fraction of sp³-hybridized carbons (Fsp3) is 0.143. The van der Waals surface area contributed by atoms with Crippen LogP contribution in [0.3, 0.4) is 0 Å². The van der Waals surface area contributed by atoms with Crippen molar-refractivity contribution in [3.63, 3.8) is 0 Å². The highest BCUT2D eigenvalue weighted by atomic mass is 16.5. The van der Waals surface area contributed by atoms with Crippen molar-refractivity contribution in [1.82, 2.24) is 20.1 Å². The molecule has 2 aromatic heterocycles. The second-order valence-corrected chi connectivity index (χ2v) is 4.34. The van der Waals surface area contributed by atoms with Crippen molar-refractivity contribution < 1.29 is 14.4 Å². The highest BCUT2D eigenvalue weighted by Crippen LogP contribution is 2.31. The molecule has 0 radical (unpaired) electrons. The molecule has 0 saturated carbocycles. The second kappa shape index (κ2) is 5.20. The molecule has 2 heterocycles. The molecule has 0 fully saturated rings. The summed E-state index contributed by atoms with van der Waals surface area (Å²) in [5, 5.41) is 13.9. The summed E-state index contributed by atoms with van der Waals surface area (Å²) in [6, 6.07) is 6.91. The van der Waals surface area contributed by atoms with Crippen molar-refractivity contribution in [3.8, 4) is 34.6 Å². The van der Waals surface area contributed by atoms with Gasteiger partial charge in [0.1, 0.15) is 17.8 Å². The first kappa shape index (κ1) is 13.0. The molecule has 0 saturated heterocycles. The maximum absolute atomic E-state index is 10.0. The van der Waals surface area contributed by atoms with Gasteiger partial charge in [0.2, 0.25) is 11.7 Å². The van der Waals surface area contributed by atoms with Gasteiger partial charge in [-0.25, -0.2) is 9.97 Å². The molecule has 0 aliphatic carbocycles. The van der Waals surface area contributed by atoms with Crippen LogP contribution in [0.1, 0.15) is 5.56 Å². The molecule has 0 amide bonds. The Bertz CT molecular complexity index is 785. The molecule has 0 bridgehead atoms. The molecular formula is C14H12N4O3. The quantitative estimate of drug-likeness (QED) is 0.787. The zero-order valence-electron chi connectivity index (χ0n) is 11.4. The van der Waals surface area contributed by atoms with Crippen LogP contribution >= 0.6 is 0 Å². The first-order valence-corrected chi connectivity index (χ1v) is 6.18. The first-order valence-electron chi connectivity index (χ1n) is 6.18. The number of ether oxygens (including phenoxy) is 1. The van der Waals surface area contributed by atoms with Crippen molar-refractivity contribution in [2.45, 2.75) is 6.92 Å². The van der Waals surface area contributed by atoms with Crippen LogP contribution in [0.2, 0.25) is 0 Å². The zero-order chi connectivity index (χ0) is 14.8. The van der Waals surface area contributed by atoms with Crippen molar-refractivity contribution in [1.29, 1.82) is 0 Å². The Morgan fingerprint density at radius 3 is 2.90 bits per heavy atom. The van der Waals surface area contributed by atoms with E-state index in [0.717, 1.165) is 5.56 Å². The van der Waals surface area contributed by atoms with E-state index in [2.05, 4.69) is 20.1 Å². The number of aromatic nitrogens is 4. The number of phenols is 1. The Kier molecular flexibility index (Phi) is 3.23. The number of aryl methyl sites for hydroxylation is 1. The van der Waals surface area contributed by atoms with Gasteiger partial charge >= 0.3 is 0 Å². The van der Waals surface area contributed by atoms with Crippen molar-refractivity contribution in [2.75, 3.05) is 7.11 Å². The van der Waals surface area contributed by atoms with Crippen LogP contribution in [-0.4, -0.2) is 32.3 Å². The van der Waals surface area contributed by atoms with Crippen LogP contribution < -0.4 is 4.74 Å². The highest BCUT2D eigenvalue weighted by Gasteiger charge is 2.16. The van der Waals surface area contributed by atoms with Gasteiger partial charge in [0.05, 0.1) is 12.7 Å². The Hall–Kier alpha value is -2.96. The molecule has 7 nitrogen and oxygen atoms in total. The number of rotatable bonds is 3. The summed E-state index contributed by atoms with van der Waals surface area (Å²) in [6.45, 7) is 1.80. The lowest BCUT2D eigenvalue weighted by molar-refractivity contribution is 0.397. The van der Waals surface area contributed by atoms with Crippen molar-refractivity contribution >= 4 is 0 Å². The van der Waals surface area contributed by atoms with Crippen LogP contribution in [-0.2, 0) is 0 Å². The minimum Gasteiger partial charge on any atom is -0.507 e. The fourth-order valence-electron chi connectivity index (χ4n) is 1.84. The Morgan fingerprint density at radius 2 is 2.10 bits per heavy atom. The van der Waals surface area contributed by atoms with E-state index < -0.39 is 0 Å². The number of phenolic OH excluding ortho intramolecular Hbond substituents is 1. The lowest BCUT2D eigenvalue weighted by Crippen LogP contribution is -1.92. The third-order valence-electron chi connectivity index (χ3n) is 2.97. The summed E-state index contributed by atoms with van der Waals surface area (Å²) in [4.78, 5) is 12.2. The minimum atomic E-state index is 0.118. The summed E-state index contributed by atoms with van der Waals surface area (Å²) in [5.74, 6) is 1.05. The lowest BCUT2D eigenvalue weighted by atomic mass is 10.1. The van der Waals surface area contributed by atoms with E-state index >= 15 is 0 Å². The number of methoxy groups -OCH3 is 1. The van der Waals surface area contributed by atoms with Gasteiger partial charge in [0.15, 0.2) is 0 Å². The number of benzene rings is 1. The van der Waals surface area contributed by atoms with Gasteiger partial charge < -0.3 is 14.4 Å². The number of aromatic hydroxyl groups is 1. The average molecular weight is 284 g/mol. The van der Waals surface area contributed by atoms with E-state index in [4.69, 9.17) is 9.26 Å². The molecule has 0 aliphatic rings. The van der Waals surface area contributed by atoms with Gasteiger partial charge in [-0.1, -0.05) is 17.3 Å². The Morgan fingerprint density at radius 1 is 1.24 bits per heavy atom. The number of para-hydroxylation sites is 1. The largest absolute Gasteiger partial charge is 0.507 e. The standard InChI is InChI=1S/C14H12N4O3/c1-8-4-3-5-9(12(8)19)14-17-13(18-21-14)10-6-11(20-2)16-7-15-10/h3-7,19H,1-2H3. The molecule has 1 N–H and O–H groups in total. The van der Waals surface area contributed by atoms with Crippen LogP contribution in [0.5, 0.6) is 11.6 Å². The summed E-state index contributed by atoms with van der Waals surface area (Å²) in [5.41, 5.74) is 1.69. The van der Waals surface area contributed by atoms with E-state index in [1.165, 1.54) is 13.4 Å². The van der Waals surface area contributed by atoms with Gasteiger partial charge in [-0.2, -0.15) is 4.98 Å². The monoisotopic (exact) mass is 284 g/mol. The summed E-state index contributed by atoms with van der Waals surface area (Å²) in [7, 11) is 1.51. The molecule has 0 aliphatic heterocycles. The molecule has 7 heteroatoms. The molecule has 3 rings (SSSR count). The smallest absolute Gasteiger partial charge is 0.262 e. The van der Waals surface area contributed by atoms with Crippen LogP contribution in [0.15, 0.2) is 35.1 Å². The van der Waals surface area contributed by atoms with Gasteiger partial charge in [0, 0.05) is 6.07 Å². The summed E-state index contributed by atoms with van der Waals surface area (Å²) < 4.78 is 10.2. The molecule has 3 aromatic rings. The van der Waals surface area contributed by atoms with E-state index in [-0.39, 0.29) is 11.6 Å². The van der Waals surface area contributed by atoms with E-state index in [9.17, 15) is 5.11 Å². The molecule has 0 unspecified atom stereocenters. The minimum absolute atomic E-state index is 0.118. The fourth-order valence-corrected chi connectivity index (χ4v) is 1.84. The lowest BCUT2D eigenvalue weighted by Gasteiger charge is -2.01. The van der Waals surface area contributed by atoms with E-state index in [1.54, 1.807) is 25.1 Å². The molecule has 1 aromatic carbocycles. The molecular weight excluding hydrogens is 272 g/mol. The van der Waals surface area contributed by atoms with Crippen LogP contribution in [0.25, 0.3) is 23.0 Å². The predicted molar refractivity (Wildman–Crippen MR) is 73.7 cm³/mol. The zero-order valence-corrected chi connectivity index (χ0v) is 11.4. The number of nitrogens with zero attached hydrogens (tertiary/aromatic N) is 4. The highest BCUT2D eigenvalue weighted by molar-refractivity contribution is 5.66. The molecule has 106 valence electrons. The molecule has 21 heavy (non-hydrogen) atoms. The van der Waals surface area contributed by atoms with Gasteiger partial charge in [0.25, 0.3) is 5.89 Å². The second-order valence-electron chi connectivity index (χ2n) is 4.34. The van der Waals surface area contributed by atoms with Crippen LogP contribution in [0, 0.1) is 6.92 Å². The summed E-state index contributed by atoms with van der Waals surface area (Å²) >= 11 is 0. The van der Waals surface area contributed by atoms with E-state index in [0.29, 0.717) is 23.0 Å². The normalized spacial score (nSPS) is 10.6. The van der Waals surface area contributed by atoms with E-state index in [1.807, 2.05) is 6.07 Å². The van der Waals surface area contributed by atoms with Gasteiger partial charge in [-0.15, -0.1) is 0 Å². The summed E-state index contributed by atoms with van der Waals surface area (Å²) in [6.07, 6.45) is 1.36. The predicted octanol–water partition coefficient (Wildman–Crippen LogP) is 2.22. The maximum atomic E-state index is 10.0. The van der Waals surface area contributed by atoms with Crippen molar-refractivity contribution in [3.05, 3.63) is 36.2 Å². The number of hydrogen-bond donors (Lipinski definition) is 1. The Balaban J connectivity index is 2.01. The Labute approximate surface area is 120 Å². The first-order chi connectivity index (χ1) is 10.2. The maximum Gasteiger partial charge on any atom is 0.262 e. The third kappa shape index (κ3) is 2.40. The van der Waals surface area contributed by atoms with Crippen molar-refractivity contribution in [2.24, 2.45) is 0 Å². The molecule has 0 atom stereocenters.